The third-order valence-electron chi connectivity index (χ3n) is 5.23. The molecule has 7 nitrogen and oxygen atoms in total. The van der Waals surface area contributed by atoms with Crippen LogP contribution in [0.5, 0.6) is 11.5 Å². The molecule has 0 aliphatic carbocycles. The Hall–Kier alpha value is -3.91. The minimum Gasteiger partial charge on any atom is -0.456 e. The van der Waals surface area contributed by atoms with Gasteiger partial charge in [0.05, 0.1) is 28.4 Å². The smallest absolute Gasteiger partial charge is 0.416 e. The van der Waals surface area contributed by atoms with Crippen LogP contribution in [0.25, 0.3) is 0 Å². The van der Waals surface area contributed by atoms with Crippen LogP contribution in [0.4, 0.5) is 36.8 Å². The Morgan fingerprint density at radius 3 is 2.24 bits per heavy atom. The number of alkyl halides is 3. The van der Waals surface area contributed by atoms with Crippen LogP contribution in [0.2, 0.25) is 5.02 Å². The molecule has 0 heterocycles. The highest BCUT2D eigenvalue weighted by molar-refractivity contribution is 8.00. The first-order chi connectivity index (χ1) is 19.3. The van der Waals surface area contributed by atoms with Crippen molar-refractivity contribution in [2.45, 2.75) is 32.4 Å². The van der Waals surface area contributed by atoms with Crippen molar-refractivity contribution in [2.24, 2.45) is 0 Å². The molecule has 0 bridgehead atoms. The van der Waals surface area contributed by atoms with Crippen molar-refractivity contribution >= 4 is 47.3 Å². The molecular weight excluding hydrogens is 600 g/mol. The number of amides is 4. The van der Waals surface area contributed by atoms with Crippen molar-refractivity contribution in [2.75, 3.05) is 4.31 Å². The number of hydrogen-bond donors (Lipinski definition) is 2. The number of carbonyl (C=O) groups is 3. The number of unbranched alkanes of at least 4 members (excludes halogenated alkanes) is 1. The fraction of sp³-hybridized carbons (Fsp3) is 0.192. The predicted molar refractivity (Wildman–Crippen MR) is 140 cm³/mol. The number of rotatable bonds is 9. The van der Waals surface area contributed by atoms with Gasteiger partial charge in [-0.1, -0.05) is 31.0 Å². The van der Waals surface area contributed by atoms with Crippen LogP contribution in [0.3, 0.4) is 0 Å². The fourth-order valence-electron chi connectivity index (χ4n) is 3.21. The van der Waals surface area contributed by atoms with E-state index in [9.17, 15) is 36.3 Å². The molecule has 0 aliphatic rings. The second-order valence-electron chi connectivity index (χ2n) is 8.23. The number of hydrogen-bond acceptors (Lipinski definition) is 5. The van der Waals surface area contributed by atoms with Gasteiger partial charge in [0, 0.05) is 12.5 Å². The van der Waals surface area contributed by atoms with Crippen LogP contribution in [0.15, 0.2) is 54.6 Å². The van der Waals surface area contributed by atoms with Crippen molar-refractivity contribution in [3.05, 3.63) is 88.2 Å². The van der Waals surface area contributed by atoms with Gasteiger partial charge >= 0.3 is 12.2 Å². The summed E-state index contributed by atoms with van der Waals surface area (Å²) < 4.78 is 90.1. The van der Waals surface area contributed by atoms with Crippen LogP contribution < -0.4 is 19.1 Å². The topological polar surface area (TPSA) is 87.7 Å². The van der Waals surface area contributed by atoms with Crippen LogP contribution in [0, 0.1) is 17.5 Å². The molecule has 0 aliphatic heterocycles. The van der Waals surface area contributed by atoms with E-state index in [2.05, 4.69) is 4.72 Å². The summed E-state index contributed by atoms with van der Waals surface area (Å²) in [5, 5.41) is 1.33. The summed E-state index contributed by atoms with van der Waals surface area (Å²) in [7, 11) is 0. The summed E-state index contributed by atoms with van der Waals surface area (Å²) in [5.41, 5.74) is -2.60. The average Bonchev–Trinajstić information content (AvgIpc) is 2.89. The van der Waals surface area contributed by atoms with Gasteiger partial charge in [-0.05, 0) is 48.9 Å². The Kier molecular flexibility index (Phi) is 10.5. The monoisotopic (exact) mass is 619 g/mol. The zero-order valence-corrected chi connectivity index (χ0v) is 22.5. The number of nitrogens with zero attached hydrogens (tertiary/aromatic N) is 1. The van der Waals surface area contributed by atoms with Crippen molar-refractivity contribution in [3.63, 3.8) is 0 Å². The van der Waals surface area contributed by atoms with Crippen LogP contribution in [-0.2, 0) is 11.0 Å². The Balaban J connectivity index is 1.86. The summed E-state index contributed by atoms with van der Waals surface area (Å²) in [6.45, 7) is 1.84. The number of carbonyl (C=O) groups excluding carboxylic acids is 3. The van der Waals surface area contributed by atoms with Gasteiger partial charge in [-0.15, -0.1) is 0 Å². The fourth-order valence-corrected chi connectivity index (χ4v) is 4.10. The summed E-state index contributed by atoms with van der Waals surface area (Å²) >= 11 is 6.16. The van der Waals surface area contributed by atoms with Crippen molar-refractivity contribution < 1.29 is 45.5 Å². The third kappa shape index (κ3) is 8.30. The molecule has 0 saturated carbocycles. The second kappa shape index (κ2) is 13.6. The molecule has 0 atom stereocenters. The van der Waals surface area contributed by atoms with E-state index in [1.165, 1.54) is 0 Å². The molecule has 0 unspecified atom stereocenters. The highest BCUT2D eigenvalue weighted by atomic mass is 35.5. The number of imide groups is 1. The highest BCUT2D eigenvalue weighted by Gasteiger charge is 2.31. The Morgan fingerprint density at radius 1 is 0.976 bits per heavy atom. The predicted octanol–water partition coefficient (Wildman–Crippen LogP) is 7.79. The standard InChI is InChI=1S/C26H20ClF6N3O4S/c1-2-3-7-22(37)35-41-36(25(39)34-24(38)23-17(28)5-4-6-18(23)29)20-10-9-15(13-19(20)30)40-21-11-8-14(12-16(21)27)26(31,32)33/h4-6,8-13H,2-3,7H2,1H3,(H,35,37)(H,34,38,39). The van der Waals surface area contributed by atoms with Gasteiger partial charge in [0.1, 0.15) is 28.7 Å². The molecule has 41 heavy (non-hydrogen) atoms. The molecule has 0 fully saturated rings. The summed E-state index contributed by atoms with van der Waals surface area (Å²) in [5.74, 6) is -6.09. The minimum atomic E-state index is -4.65. The van der Waals surface area contributed by atoms with Gasteiger partial charge in [-0.3, -0.25) is 19.6 Å². The van der Waals surface area contributed by atoms with Gasteiger partial charge < -0.3 is 4.74 Å². The first-order valence-corrected chi connectivity index (χ1v) is 12.9. The molecule has 0 saturated heterocycles. The van der Waals surface area contributed by atoms with Crippen LogP contribution in [-0.4, -0.2) is 17.8 Å². The molecule has 218 valence electrons. The van der Waals surface area contributed by atoms with E-state index < -0.39 is 63.3 Å². The van der Waals surface area contributed by atoms with E-state index >= 15 is 4.39 Å². The molecule has 3 rings (SSSR count). The van der Waals surface area contributed by atoms with E-state index in [-0.39, 0.29) is 17.9 Å². The zero-order chi connectivity index (χ0) is 30.3. The maximum atomic E-state index is 15.2. The minimum absolute atomic E-state index is 0.0709. The van der Waals surface area contributed by atoms with Gasteiger partial charge in [-0.25, -0.2) is 22.3 Å². The molecule has 0 radical (unpaired) electrons. The average molecular weight is 620 g/mol. The molecule has 3 aromatic rings. The molecule has 3 aromatic carbocycles. The first-order valence-electron chi connectivity index (χ1n) is 11.7. The Bertz CT molecular complexity index is 1440. The van der Waals surface area contributed by atoms with E-state index in [4.69, 9.17) is 16.3 Å². The number of nitrogens with one attached hydrogen (secondary N) is 2. The van der Waals surface area contributed by atoms with E-state index in [0.29, 0.717) is 41.4 Å². The highest BCUT2D eigenvalue weighted by Crippen LogP contribution is 2.37. The molecule has 4 amide bonds. The summed E-state index contributed by atoms with van der Waals surface area (Å²) in [6, 6.07) is 6.41. The van der Waals surface area contributed by atoms with E-state index in [0.717, 1.165) is 42.5 Å². The quantitative estimate of drug-likeness (QED) is 0.189. The third-order valence-corrected chi connectivity index (χ3v) is 6.39. The lowest BCUT2D eigenvalue weighted by Gasteiger charge is -2.22. The molecule has 0 aromatic heterocycles. The normalized spacial score (nSPS) is 11.1. The maximum Gasteiger partial charge on any atom is 0.416 e. The number of halogens is 7. The van der Waals surface area contributed by atoms with Crippen molar-refractivity contribution in [1.29, 1.82) is 0 Å². The lowest BCUT2D eigenvalue weighted by molar-refractivity contribution is -0.137. The van der Waals surface area contributed by atoms with Gasteiger partial charge in [0.15, 0.2) is 5.82 Å². The number of anilines is 1. The Morgan fingerprint density at radius 2 is 1.66 bits per heavy atom. The molecule has 0 spiro atoms. The lowest BCUT2D eigenvalue weighted by atomic mass is 10.2. The largest absolute Gasteiger partial charge is 0.456 e. The van der Waals surface area contributed by atoms with Gasteiger partial charge in [-0.2, -0.15) is 13.2 Å². The van der Waals surface area contributed by atoms with Crippen LogP contribution in [0.1, 0.15) is 42.1 Å². The molecular formula is C26H20ClF6N3O4S. The molecule has 15 heteroatoms. The number of urea groups is 1. The van der Waals surface area contributed by atoms with Crippen molar-refractivity contribution in [1.82, 2.24) is 10.0 Å². The number of ether oxygens (including phenoxy) is 1. The van der Waals surface area contributed by atoms with Crippen LogP contribution >= 0.6 is 23.7 Å². The second-order valence-corrected chi connectivity index (χ2v) is 9.39. The molecule has 2 N–H and O–H groups in total. The zero-order valence-electron chi connectivity index (χ0n) is 21.0. The SMILES string of the molecule is CCCCC(=O)NSN(C(=O)NC(=O)c1c(F)cccc1F)c1ccc(Oc2ccc(C(F)(F)F)cc2Cl)cc1F. The van der Waals surface area contributed by atoms with Crippen molar-refractivity contribution in [3.8, 4) is 11.5 Å². The van der Waals surface area contributed by atoms with Gasteiger partial charge in [0.25, 0.3) is 5.91 Å². The Labute approximate surface area is 239 Å². The van der Waals surface area contributed by atoms with E-state index in [1.807, 2.05) is 6.92 Å². The van der Waals surface area contributed by atoms with E-state index in [1.54, 1.807) is 5.32 Å². The number of benzene rings is 3. The summed E-state index contributed by atoms with van der Waals surface area (Å²) in [4.78, 5) is 37.5. The van der Waals surface area contributed by atoms with Gasteiger partial charge in [0.2, 0.25) is 5.91 Å². The first kappa shape index (κ1) is 31.6. The summed E-state index contributed by atoms with van der Waals surface area (Å²) in [6.07, 6.45) is -3.38. The maximum absolute atomic E-state index is 15.2. The lowest BCUT2D eigenvalue weighted by Crippen LogP contribution is -2.42.